The smallest absolute Gasteiger partial charge is 0.244 e. The minimum absolute atomic E-state index is 0.0268. The van der Waals surface area contributed by atoms with Crippen molar-refractivity contribution in [2.45, 2.75) is 63.8 Å². The summed E-state index contributed by atoms with van der Waals surface area (Å²) in [5.74, 6) is 1.26. The van der Waals surface area contributed by atoms with Crippen LogP contribution in [-0.4, -0.2) is 38.4 Å². The van der Waals surface area contributed by atoms with Crippen LogP contribution in [0.15, 0.2) is 35.5 Å². The summed E-state index contributed by atoms with van der Waals surface area (Å²) in [7, 11) is 0. The highest BCUT2D eigenvalue weighted by atomic mass is 35.5. The maximum Gasteiger partial charge on any atom is 0.244 e. The highest BCUT2D eigenvalue weighted by molar-refractivity contribution is 7.99. The SMILES string of the molecule is CCn1c(CNC(=O)/C=C/c2ccccc2Cl)nnc1SCC(=O)N[C@@H]1CCCC[C@@H]1C. The Balaban J connectivity index is 1.50. The molecule has 32 heavy (non-hydrogen) atoms. The van der Waals surface area contributed by atoms with Crippen LogP contribution in [0.4, 0.5) is 0 Å². The number of nitrogens with one attached hydrogen (secondary N) is 2. The topological polar surface area (TPSA) is 88.9 Å². The quantitative estimate of drug-likeness (QED) is 0.421. The van der Waals surface area contributed by atoms with Crippen molar-refractivity contribution < 1.29 is 9.59 Å². The van der Waals surface area contributed by atoms with Gasteiger partial charge in [-0.3, -0.25) is 9.59 Å². The van der Waals surface area contributed by atoms with Gasteiger partial charge in [0.15, 0.2) is 11.0 Å². The minimum atomic E-state index is -0.245. The predicted molar refractivity (Wildman–Crippen MR) is 128 cm³/mol. The fourth-order valence-corrected chi connectivity index (χ4v) is 4.82. The standard InChI is InChI=1S/C23H30ClN5O2S/c1-3-29-20(14-25-21(30)13-12-17-9-5-6-10-18(17)24)27-28-23(29)32-15-22(31)26-19-11-7-4-8-16(19)2/h5-6,9-10,12-13,16,19H,3-4,7-8,11,14-15H2,1-2H3,(H,25,30)(H,26,31)/b13-12+/t16-,19+/m0/s1. The van der Waals surface area contributed by atoms with Crippen LogP contribution >= 0.6 is 23.4 Å². The number of amides is 2. The van der Waals surface area contributed by atoms with Crippen LogP contribution in [0, 0.1) is 5.92 Å². The molecule has 0 aliphatic heterocycles. The molecule has 2 N–H and O–H groups in total. The molecule has 0 unspecified atom stereocenters. The van der Waals surface area contributed by atoms with Gasteiger partial charge in [-0.25, -0.2) is 0 Å². The van der Waals surface area contributed by atoms with Crippen molar-refractivity contribution in [3.8, 4) is 0 Å². The van der Waals surface area contributed by atoms with Crippen molar-refractivity contribution in [3.05, 3.63) is 46.8 Å². The van der Waals surface area contributed by atoms with Gasteiger partial charge in [0.1, 0.15) is 0 Å². The number of carbonyl (C=O) groups is 2. The molecule has 2 aromatic rings. The van der Waals surface area contributed by atoms with Crippen molar-refractivity contribution in [2.75, 3.05) is 5.75 Å². The number of aromatic nitrogens is 3. The zero-order valence-corrected chi connectivity index (χ0v) is 20.1. The average Bonchev–Trinajstić information content (AvgIpc) is 3.19. The van der Waals surface area contributed by atoms with Gasteiger partial charge in [0.05, 0.1) is 12.3 Å². The van der Waals surface area contributed by atoms with E-state index in [1.807, 2.05) is 29.7 Å². The summed E-state index contributed by atoms with van der Waals surface area (Å²) in [5, 5.41) is 15.7. The third-order valence-corrected chi connectivity index (χ3v) is 6.95. The summed E-state index contributed by atoms with van der Waals surface area (Å²) in [4.78, 5) is 24.6. The second-order valence-corrected chi connectivity index (χ2v) is 9.29. The maximum atomic E-state index is 12.4. The second-order valence-electron chi connectivity index (χ2n) is 7.94. The maximum absolute atomic E-state index is 12.4. The molecule has 2 atom stereocenters. The Hall–Kier alpha value is -2.32. The molecule has 1 aliphatic carbocycles. The van der Waals surface area contributed by atoms with E-state index in [0.29, 0.717) is 34.2 Å². The lowest BCUT2D eigenvalue weighted by Gasteiger charge is -2.29. The molecule has 7 nitrogen and oxygen atoms in total. The summed E-state index contributed by atoms with van der Waals surface area (Å²) in [6, 6.07) is 7.59. The van der Waals surface area contributed by atoms with Crippen LogP contribution in [0.3, 0.4) is 0 Å². The van der Waals surface area contributed by atoms with Crippen molar-refractivity contribution in [1.29, 1.82) is 0 Å². The Morgan fingerprint density at radius 1 is 1.25 bits per heavy atom. The zero-order chi connectivity index (χ0) is 22.9. The number of thioether (sulfide) groups is 1. The number of halogens is 1. The molecular formula is C23H30ClN5O2S. The molecule has 1 aromatic heterocycles. The van der Waals surface area contributed by atoms with Gasteiger partial charge in [-0.2, -0.15) is 0 Å². The molecule has 0 bridgehead atoms. The van der Waals surface area contributed by atoms with E-state index < -0.39 is 0 Å². The molecule has 3 rings (SSSR count). The zero-order valence-electron chi connectivity index (χ0n) is 18.5. The number of benzene rings is 1. The Morgan fingerprint density at radius 2 is 2.03 bits per heavy atom. The molecule has 2 amide bonds. The van der Waals surface area contributed by atoms with Crippen LogP contribution in [0.25, 0.3) is 6.08 Å². The van der Waals surface area contributed by atoms with Crippen LogP contribution in [0.5, 0.6) is 0 Å². The van der Waals surface area contributed by atoms with E-state index in [1.54, 1.807) is 12.1 Å². The van der Waals surface area contributed by atoms with Gasteiger partial charge < -0.3 is 15.2 Å². The number of hydrogen-bond donors (Lipinski definition) is 2. The van der Waals surface area contributed by atoms with Crippen molar-refractivity contribution in [1.82, 2.24) is 25.4 Å². The van der Waals surface area contributed by atoms with Gasteiger partial charge in [0, 0.05) is 23.7 Å². The van der Waals surface area contributed by atoms with Gasteiger partial charge in [-0.15, -0.1) is 10.2 Å². The highest BCUT2D eigenvalue weighted by Crippen LogP contribution is 2.24. The largest absolute Gasteiger partial charge is 0.352 e. The number of carbonyl (C=O) groups excluding carboxylic acids is 2. The van der Waals surface area contributed by atoms with Gasteiger partial charge >= 0.3 is 0 Å². The lowest BCUT2D eigenvalue weighted by atomic mass is 9.86. The van der Waals surface area contributed by atoms with E-state index in [9.17, 15) is 9.59 Å². The van der Waals surface area contributed by atoms with Crippen molar-refractivity contribution in [3.63, 3.8) is 0 Å². The van der Waals surface area contributed by atoms with Gasteiger partial charge in [-0.05, 0) is 43.4 Å². The van der Waals surface area contributed by atoms with E-state index in [4.69, 9.17) is 11.6 Å². The Labute approximate surface area is 198 Å². The molecule has 0 saturated heterocycles. The van der Waals surface area contributed by atoms with Crippen molar-refractivity contribution >= 4 is 41.3 Å². The molecule has 1 aliphatic rings. The number of nitrogens with zero attached hydrogens (tertiary/aromatic N) is 3. The molecule has 1 fully saturated rings. The highest BCUT2D eigenvalue weighted by Gasteiger charge is 2.23. The fourth-order valence-electron chi connectivity index (χ4n) is 3.78. The Kier molecular flexibility index (Phi) is 9.17. The van der Waals surface area contributed by atoms with Gasteiger partial charge in [0.2, 0.25) is 11.8 Å². The molecule has 172 valence electrons. The second kappa shape index (κ2) is 12.1. The van der Waals surface area contributed by atoms with Crippen LogP contribution < -0.4 is 10.6 Å². The molecule has 1 heterocycles. The Morgan fingerprint density at radius 3 is 2.78 bits per heavy atom. The molecule has 1 saturated carbocycles. The summed E-state index contributed by atoms with van der Waals surface area (Å²) in [6.45, 7) is 5.09. The van der Waals surface area contributed by atoms with Crippen LogP contribution in [0.1, 0.15) is 50.9 Å². The van der Waals surface area contributed by atoms with Crippen LogP contribution in [0.2, 0.25) is 5.02 Å². The van der Waals surface area contributed by atoms with Gasteiger partial charge in [0.25, 0.3) is 0 Å². The summed E-state index contributed by atoms with van der Waals surface area (Å²) < 4.78 is 1.92. The first kappa shape index (κ1) is 24.3. The molecule has 0 spiro atoms. The summed E-state index contributed by atoms with van der Waals surface area (Å²) in [6.07, 6.45) is 7.77. The molecular weight excluding hydrogens is 446 g/mol. The first-order valence-electron chi connectivity index (χ1n) is 11.0. The van der Waals surface area contributed by atoms with E-state index in [2.05, 4.69) is 27.8 Å². The summed E-state index contributed by atoms with van der Waals surface area (Å²) >= 11 is 7.47. The lowest BCUT2D eigenvalue weighted by Crippen LogP contribution is -2.41. The monoisotopic (exact) mass is 475 g/mol. The molecule has 9 heteroatoms. The van der Waals surface area contributed by atoms with E-state index >= 15 is 0 Å². The average molecular weight is 476 g/mol. The van der Waals surface area contributed by atoms with E-state index in [-0.39, 0.29) is 24.4 Å². The minimum Gasteiger partial charge on any atom is -0.352 e. The van der Waals surface area contributed by atoms with E-state index in [1.165, 1.54) is 37.1 Å². The first-order chi connectivity index (χ1) is 15.5. The Bertz CT molecular complexity index is 962. The first-order valence-corrected chi connectivity index (χ1v) is 12.4. The van der Waals surface area contributed by atoms with Crippen molar-refractivity contribution in [2.24, 2.45) is 5.92 Å². The fraction of sp³-hybridized carbons (Fsp3) is 0.478. The van der Waals surface area contributed by atoms with E-state index in [0.717, 1.165) is 12.0 Å². The van der Waals surface area contributed by atoms with Gasteiger partial charge in [-0.1, -0.05) is 61.3 Å². The number of rotatable bonds is 9. The third-order valence-electron chi connectivity index (χ3n) is 5.64. The third kappa shape index (κ3) is 6.84. The lowest BCUT2D eigenvalue weighted by molar-refractivity contribution is -0.120. The molecule has 0 radical (unpaired) electrons. The number of hydrogen-bond acceptors (Lipinski definition) is 5. The normalized spacial score (nSPS) is 18.6. The summed E-state index contributed by atoms with van der Waals surface area (Å²) in [5.41, 5.74) is 0.778. The van der Waals surface area contributed by atoms with Crippen LogP contribution in [-0.2, 0) is 22.7 Å². The predicted octanol–water partition coefficient (Wildman–Crippen LogP) is 4.07. The molecule has 1 aromatic carbocycles.